The summed E-state index contributed by atoms with van der Waals surface area (Å²) in [4.78, 5) is 19.0. The molecule has 2 N–H and O–H groups in total. The summed E-state index contributed by atoms with van der Waals surface area (Å²) in [5.41, 5.74) is 0.772. The largest absolute Gasteiger partial charge is 0.356 e. The molecule has 1 amide bonds. The topological polar surface area (TPSA) is 56.7 Å². The van der Waals surface area contributed by atoms with Crippen LogP contribution < -0.4 is 10.6 Å². The predicted octanol–water partition coefficient (Wildman–Crippen LogP) is 3.36. The maximum atomic E-state index is 13.3. The van der Waals surface area contributed by atoms with Crippen LogP contribution in [0, 0.1) is 5.82 Å². The van der Waals surface area contributed by atoms with Crippen LogP contribution in [0.15, 0.2) is 64.5 Å². The zero-order valence-electron chi connectivity index (χ0n) is 16.0. The number of rotatable bonds is 8. The lowest BCUT2D eigenvalue weighted by Gasteiger charge is -2.15. The van der Waals surface area contributed by atoms with Crippen molar-refractivity contribution >= 4 is 47.6 Å². The van der Waals surface area contributed by atoms with Crippen molar-refractivity contribution in [2.75, 3.05) is 32.9 Å². The van der Waals surface area contributed by atoms with Gasteiger partial charge in [0.25, 0.3) is 0 Å². The molecule has 0 fully saturated rings. The summed E-state index contributed by atoms with van der Waals surface area (Å²) in [6, 6.07) is 16.5. The van der Waals surface area contributed by atoms with Crippen LogP contribution in [0.1, 0.15) is 5.56 Å². The number of nitrogens with one attached hydrogen (secondary N) is 2. The molecule has 0 saturated heterocycles. The van der Waals surface area contributed by atoms with Gasteiger partial charge >= 0.3 is 0 Å². The van der Waals surface area contributed by atoms with Crippen LogP contribution in [0.25, 0.3) is 0 Å². The van der Waals surface area contributed by atoms with Crippen molar-refractivity contribution < 1.29 is 9.18 Å². The molecule has 0 saturated carbocycles. The van der Waals surface area contributed by atoms with Gasteiger partial charge < -0.3 is 15.5 Å². The number of carbonyl (C=O) groups is 1. The third-order valence-electron chi connectivity index (χ3n) is 3.62. The van der Waals surface area contributed by atoms with Gasteiger partial charge in [-0.3, -0.25) is 4.79 Å². The van der Waals surface area contributed by atoms with Gasteiger partial charge in [-0.2, -0.15) is 0 Å². The zero-order chi connectivity index (χ0) is 19.5. The van der Waals surface area contributed by atoms with Gasteiger partial charge in [0.1, 0.15) is 5.82 Å². The van der Waals surface area contributed by atoms with E-state index in [1.54, 1.807) is 31.9 Å². The van der Waals surface area contributed by atoms with Gasteiger partial charge in [0, 0.05) is 31.3 Å². The number of aliphatic imine (C=N–C) groups is 1. The first-order valence-electron chi connectivity index (χ1n) is 8.69. The van der Waals surface area contributed by atoms with E-state index in [1.807, 2.05) is 24.3 Å². The van der Waals surface area contributed by atoms with Crippen molar-refractivity contribution in [1.29, 1.82) is 0 Å². The van der Waals surface area contributed by atoms with Crippen LogP contribution in [-0.2, 0) is 11.3 Å². The fourth-order valence-electron chi connectivity index (χ4n) is 2.15. The highest BCUT2D eigenvalue weighted by Crippen LogP contribution is 2.15. The molecule has 2 aromatic carbocycles. The standard InChI is InChI=1S/C20H25FN4OS.HI/c1-25(2)19(26)15-24-20(23-14-16-7-6-8-17(21)13-16)22-11-12-27-18-9-4-3-5-10-18;/h3-10,13H,11-12,14-15H2,1-2H3,(H2,22,23,24);1H. The Morgan fingerprint density at radius 1 is 1.11 bits per heavy atom. The first-order valence-corrected chi connectivity index (χ1v) is 9.68. The molecule has 0 bridgehead atoms. The molecule has 0 atom stereocenters. The van der Waals surface area contributed by atoms with Gasteiger partial charge in [-0.25, -0.2) is 9.38 Å². The van der Waals surface area contributed by atoms with Crippen molar-refractivity contribution in [3.05, 3.63) is 66.0 Å². The lowest BCUT2D eigenvalue weighted by atomic mass is 10.2. The number of guanidine groups is 1. The minimum absolute atomic E-state index is 0. The molecule has 28 heavy (non-hydrogen) atoms. The number of nitrogens with zero attached hydrogens (tertiary/aromatic N) is 2. The molecule has 2 rings (SSSR count). The van der Waals surface area contributed by atoms with E-state index in [4.69, 9.17) is 0 Å². The fraction of sp³-hybridized carbons (Fsp3) is 0.300. The minimum atomic E-state index is -0.285. The second kappa shape index (κ2) is 13.4. The van der Waals surface area contributed by atoms with Crippen LogP contribution in [0.2, 0.25) is 0 Å². The normalized spacial score (nSPS) is 10.8. The molecule has 0 aromatic heterocycles. The van der Waals surface area contributed by atoms with Gasteiger partial charge in [-0.15, -0.1) is 35.7 Å². The summed E-state index contributed by atoms with van der Waals surface area (Å²) >= 11 is 1.74. The van der Waals surface area contributed by atoms with Crippen molar-refractivity contribution in [3.63, 3.8) is 0 Å². The van der Waals surface area contributed by atoms with E-state index < -0.39 is 0 Å². The molecule has 0 aliphatic carbocycles. The quantitative estimate of drug-likeness (QED) is 0.186. The number of hydrogen-bond acceptors (Lipinski definition) is 3. The maximum absolute atomic E-state index is 13.3. The summed E-state index contributed by atoms with van der Waals surface area (Å²) in [5.74, 6) is 1.05. The van der Waals surface area contributed by atoms with E-state index >= 15 is 0 Å². The van der Waals surface area contributed by atoms with Gasteiger partial charge in [0.15, 0.2) is 5.96 Å². The highest BCUT2D eigenvalue weighted by Gasteiger charge is 2.06. The molecule has 8 heteroatoms. The fourth-order valence-corrected chi connectivity index (χ4v) is 2.94. The van der Waals surface area contributed by atoms with Crippen LogP contribution >= 0.6 is 35.7 Å². The smallest absolute Gasteiger partial charge is 0.241 e. The van der Waals surface area contributed by atoms with Gasteiger partial charge in [0.2, 0.25) is 5.91 Å². The average molecular weight is 516 g/mol. The number of benzene rings is 2. The Kier molecular flexibility index (Phi) is 11.6. The summed E-state index contributed by atoms with van der Waals surface area (Å²) < 4.78 is 13.3. The third-order valence-corrected chi connectivity index (χ3v) is 4.63. The van der Waals surface area contributed by atoms with Gasteiger partial charge in [-0.1, -0.05) is 30.3 Å². The molecule has 0 radical (unpaired) electrons. The first-order chi connectivity index (χ1) is 13.0. The van der Waals surface area contributed by atoms with Crippen molar-refractivity contribution in [2.45, 2.75) is 11.4 Å². The Morgan fingerprint density at radius 3 is 2.54 bits per heavy atom. The van der Waals surface area contributed by atoms with Crippen molar-refractivity contribution in [3.8, 4) is 0 Å². The number of likely N-dealkylation sites (N-methyl/N-ethyl adjacent to an activating group) is 1. The SMILES string of the molecule is CN(C)C(=O)CNC(=NCc1cccc(F)c1)NCCSc1ccccc1.I. The molecular formula is C20H26FIN4OS. The number of amides is 1. The second-order valence-corrected chi connectivity index (χ2v) is 7.19. The Morgan fingerprint density at radius 2 is 1.86 bits per heavy atom. The Bertz CT molecular complexity index is 759. The molecule has 0 unspecified atom stereocenters. The molecule has 152 valence electrons. The highest BCUT2D eigenvalue weighted by molar-refractivity contribution is 14.0. The molecule has 2 aromatic rings. The monoisotopic (exact) mass is 516 g/mol. The van der Waals surface area contributed by atoms with Gasteiger partial charge in [0.05, 0.1) is 13.1 Å². The number of halogens is 2. The lowest BCUT2D eigenvalue weighted by molar-refractivity contribution is -0.127. The molecular weight excluding hydrogens is 490 g/mol. The van der Waals surface area contributed by atoms with Crippen LogP contribution in [0.3, 0.4) is 0 Å². The second-order valence-electron chi connectivity index (χ2n) is 6.02. The minimum Gasteiger partial charge on any atom is -0.356 e. The van der Waals surface area contributed by atoms with E-state index in [9.17, 15) is 9.18 Å². The van der Waals surface area contributed by atoms with Crippen LogP contribution in [-0.4, -0.2) is 49.7 Å². The van der Waals surface area contributed by atoms with Crippen molar-refractivity contribution in [1.82, 2.24) is 15.5 Å². The van der Waals surface area contributed by atoms with E-state index in [2.05, 4.69) is 27.8 Å². The first kappa shape index (κ1) is 24.2. The van der Waals surface area contributed by atoms with E-state index in [0.717, 1.165) is 11.3 Å². The number of carbonyl (C=O) groups excluding carboxylic acids is 1. The Balaban J connectivity index is 0.00000392. The Hall–Kier alpha value is -1.81. The summed E-state index contributed by atoms with van der Waals surface area (Å²) in [5, 5.41) is 6.25. The summed E-state index contributed by atoms with van der Waals surface area (Å²) in [6.07, 6.45) is 0. The van der Waals surface area contributed by atoms with Gasteiger partial charge in [-0.05, 0) is 29.8 Å². The molecule has 0 aliphatic rings. The molecule has 0 spiro atoms. The highest BCUT2D eigenvalue weighted by atomic mass is 127. The maximum Gasteiger partial charge on any atom is 0.241 e. The number of thioether (sulfide) groups is 1. The summed E-state index contributed by atoms with van der Waals surface area (Å²) in [7, 11) is 3.41. The predicted molar refractivity (Wildman–Crippen MR) is 125 cm³/mol. The van der Waals surface area contributed by atoms with Crippen LogP contribution in [0.4, 0.5) is 4.39 Å². The van der Waals surface area contributed by atoms with E-state index in [1.165, 1.54) is 21.9 Å². The molecule has 0 heterocycles. The lowest BCUT2D eigenvalue weighted by Crippen LogP contribution is -2.43. The van der Waals surface area contributed by atoms with E-state index in [0.29, 0.717) is 19.0 Å². The van der Waals surface area contributed by atoms with E-state index in [-0.39, 0.29) is 42.2 Å². The molecule has 5 nitrogen and oxygen atoms in total. The Labute approximate surface area is 187 Å². The number of hydrogen-bond donors (Lipinski definition) is 2. The van der Waals surface area contributed by atoms with Crippen molar-refractivity contribution in [2.24, 2.45) is 4.99 Å². The van der Waals surface area contributed by atoms with Crippen LogP contribution in [0.5, 0.6) is 0 Å². The zero-order valence-corrected chi connectivity index (χ0v) is 19.2. The summed E-state index contributed by atoms with van der Waals surface area (Å²) in [6.45, 7) is 1.16. The average Bonchev–Trinajstić information content (AvgIpc) is 2.67. The molecule has 0 aliphatic heterocycles. The third kappa shape index (κ3) is 9.41.